The Morgan fingerprint density at radius 1 is 1.50 bits per heavy atom. The lowest BCUT2D eigenvalue weighted by atomic mass is 9.48. The molecule has 120 valence electrons. The average Bonchev–Trinajstić information content (AvgIpc) is 2.77. The van der Waals surface area contributed by atoms with Gasteiger partial charge in [0.15, 0.2) is 0 Å². The zero-order valence-corrected chi connectivity index (χ0v) is 13.9. The SMILES string of the molecule is COC(=O)[C@@]12CN(Cc3ccc(Cl)c(F)c3)C[C@@H]1C(C)(C)C2. The smallest absolute Gasteiger partial charge is 0.313 e. The van der Waals surface area contributed by atoms with Gasteiger partial charge in [0.25, 0.3) is 0 Å². The van der Waals surface area contributed by atoms with E-state index in [-0.39, 0.29) is 21.8 Å². The summed E-state index contributed by atoms with van der Waals surface area (Å²) in [7, 11) is 1.46. The first-order chi connectivity index (χ1) is 10.3. The zero-order valence-electron chi connectivity index (χ0n) is 13.2. The second-order valence-electron chi connectivity index (χ2n) is 7.28. The number of hydrogen-bond acceptors (Lipinski definition) is 3. The molecular formula is C17H21ClFNO2. The summed E-state index contributed by atoms with van der Waals surface area (Å²) in [5.41, 5.74) is 0.637. The maximum absolute atomic E-state index is 13.6. The van der Waals surface area contributed by atoms with E-state index in [4.69, 9.17) is 16.3 Å². The van der Waals surface area contributed by atoms with Crippen LogP contribution in [0.4, 0.5) is 4.39 Å². The Morgan fingerprint density at radius 2 is 2.23 bits per heavy atom. The van der Waals surface area contributed by atoms with Gasteiger partial charge >= 0.3 is 5.97 Å². The largest absolute Gasteiger partial charge is 0.469 e. The number of fused-ring (bicyclic) bond motifs is 1. The third-order valence-electron chi connectivity index (χ3n) is 5.31. The van der Waals surface area contributed by atoms with Gasteiger partial charge in [-0.05, 0) is 35.4 Å². The number of esters is 1. The summed E-state index contributed by atoms with van der Waals surface area (Å²) < 4.78 is 18.6. The van der Waals surface area contributed by atoms with Crippen molar-refractivity contribution in [2.75, 3.05) is 20.2 Å². The van der Waals surface area contributed by atoms with Gasteiger partial charge in [0.05, 0.1) is 17.5 Å². The van der Waals surface area contributed by atoms with Gasteiger partial charge in [-0.1, -0.05) is 31.5 Å². The van der Waals surface area contributed by atoms with E-state index in [0.717, 1.165) is 18.5 Å². The van der Waals surface area contributed by atoms with E-state index in [1.165, 1.54) is 13.2 Å². The molecule has 22 heavy (non-hydrogen) atoms. The first-order valence-electron chi connectivity index (χ1n) is 7.53. The van der Waals surface area contributed by atoms with Crippen molar-refractivity contribution in [1.82, 2.24) is 4.90 Å². The van der Waals surface area contributed by atoms with E-state index < -0.39 is 5.82 Å². The summed E-state index contributed by atoms with van der Waals surface area (Å²) in [6.45, 7) is 6.54. The number of hydrogen-bond donors (Lipinski definition) is 0. The molecule has 0 N–H and O–H groups in total. The molecule has 0 radical (unpaired) electrons. The third-order valence-corrected chi connectivity index (χ3v) is 5.62. The standard InChI is InChI=1S/C17H21ClFNO2/c1-16(2)9-17(15(21)22-3)10-20(8-14(16)17)7-11-4-5-12(18)13(19)6-11/h4-6,14H,7-10H2,1-3H3/t14-,17+/m1/s1. The number of rotatable bonds is 3. The summed E-state index contributed by atoms with van der Waals surface area (Å²) in [6, 6.07) is 4.89. The molecular weight excluding hydrogens is 305 g/mol. The molecule has 1 heterocycles. The van der Waals surface area contributed by atoms with E-state index in [1.807, 2.05) is 6.07 Å². The molecule has 1 saturated carbocycles. The average molecular weight is 326 g/mol. The van der Waals surface area contributed by atoms with Gasteiger partial charge in [0.1, 0.15) is 5.82 Å². The highest BCUT2D eigenvalue weighted by Crippen LogP contribution is 2.63. The van der Waals surface area contributed by atoms with E-state index in [9.17, 15) is 9.18 Å². The van der Waals surface area contributed by atoms with Crippen molar-refractivity contribution in [3.63, 3.8) is 0 Å². The lowest BCUT2D eigenvalue weighted by Crippen LogP contribution is -2.57. The van der Waals surface area contributed by atoms with Crippen LogP contribution < -0.4 is 0 Å². The predicted molar refractivity (Wildman–Crippen MR) is 83.0 cm³/mol. The fourth-order valence-electron chi connectivity index (χ4n) is 4.48. The van der Waals surface area contributed by atoms with Gasteiger partial charge in [-0.2, -0.15) is 0 Å². The molecule has 0 spiro atoms. The van der Waals surface area contributed by atoms with Crippen LogP contribution >= 0.6 is 11.6 Å². The van der Waals surface area contributed by atoms with Crippen molar-refractivity contribution in [2.24, 2.45) is 16.7 Å². The topological polar surface area (TPSA) is 29.5 Å². The molecule has 5 heteroatoms. The highest BCUT2D eigenvalue weighted by molar-refractivity contribution is 6.30. The monoisotopic (exact) mass is 325 g/mol. The molecule has 0 aromatic heterocycles. The Labute approximate surface area is 135 Å². The molecule has 0 bridgehead atoms. The third kappa shape index (κ3) is 2.33. The van der Waals surface area contributed by atoms with E-state index in [0.29, 0.717) is 19.0 Å². The van der Waals surface area contributed by atoms with Crippen LogP contribution in [0.2, 0.25) is 5.02 Å². The Bertz CT molecular complexity index is 619. The molecule has 1 aliphatic heterocycles. The predicted octanol–water partition coefficient (Wildman–Crippen LogP) is 3.50. The van der Waals surface area contributed by atoms with Crippen molar-refractivity contribution >= 4 is 17.6 Å². The van der Waals surface area contributed by atoms with Crippen LogP contribution in [0.5, 0.6) is 0 Å². The lowest BCUT2D eigenvalue weighted by Gasteiger charge is -2.54. The van der Waals surface area contributed by atoms with Crippen LogP contribution in [0.1, 0.15) is 25.8 Å². The van der Waals surface area contributed by atoms with Crippen LogP contribution in [0.15, 0.2) is 18.2 Å². The van der Waals surface area contributed by atoms with Crippen molar-refractivity contribution in [2.45, 2.75) is 26.8 Å². The minimum absolute atomic E-state index is 0.110. The highest BCUT2D eigenvalue weighted by atomic mass is 35.5. The first-order valence-corrected chi connectivity index (χ1v) is 7.91. The van der Waals surface area contributed by atoms with Crippen molar-refractivity contribution in [3.8, 4) is 0 Å². The van der Waals surface area contributed by atoms with Crippen molar-refractivity contribution in [3.05, 3.63) is 34.6 Å². The number of nitrogens with zero attached hydrogens (tertiary/aromatic N) is 1. The fourth-order valence-corrected chi connectivity index (χ4v) is 4.60. The van der Waals surface area contributed by atoms with Crippen molar-refractivity contribution < 1.29 is 13.9 Å². The molecule has 2 atom stereocenters. The molecule has 0 unspecified atom stereocenters. The van der Waals surface area contributed by atoms with E-state index in [1.54, 1.807) is 6.07 Å². The van der Waals surface area contributed by atoms with Crippen LogP contribution in [-0.4, -0.2) is 31.1 Å². The van der Waals surface area contributed by atoms with Crippen LogP contribution in [-0.2, 0) is 16.1 Å². The summed E-state index contributed by atoms with van der Waals surface area (Å²) in [5, 5.41) is 0.136. The van der Waals surface area contributed by atoms with Crippen molar-refractivity contribution in [1.29, 1.82) is 0 Å². The quantitative estimate of drug-likeness (QED) is 0.797. The zero-order chi connectivity index (χ0) is 16.1. The lowest BCUT2D eigenvalue weighted by molar-refractivity contribution is -0.174. The second kappa shape index (κ2) is 5.20. The fraction of sp³-hybridized carbons (Fsp3) is 0.588. The summed E-state index contributed by atoms with van der Waals surface area (Å²) >= 11 is 5.72. The number of likely N-dealkylation sites (tertiary alicyclic amines) is 1. The molecule has 1 saturated heterocycles. The summed E-state index contributed by atoms with van der Waals surface area (Å²) in [4.78, 5) is 14.5. The van der Waals surface area contributed by atoms with Gasteiger partial charge in [0.2, 0.25) is 0 Å². The maximum Gasteiger partial charge on any atom is 0.313 e. The second-order valence-corrected chi connectivity index (χ2v) is 7.69. The Kier molecular flexibility index (Phi) is 3.73. The van der Waals surface area contributed by atoms with Gasteiger partial charge in [0, 0.05) is 19.6 Å². The van der Waals surface area contributed by atoms with Crippen LogP contribution in [0.25, 0.3) is 0 Å². The number of ether oxygens (including phenoxy) is 1. The Balaban J connectivity index is 1.77. The molecule has 3 nitrogen and oxygen atoms in total. The first kappa shape index (κ1) is 15.8. The van der Waals surface area contributed by atoms with Gasteiger partial charge in [-0.25, -0.2) is 4.39 Å². The number of carbonyl (C=O) groups excluding carboxylic acids is 1. The van der Waals surface area contributed by atoms with E-state index >= 15 is 0 Å². The molecule has 1 aromatic carbocycles. The highest BCUT2D eigenvalue weighted by Gasteiger charge is 2.67. The molecule has 2 aliphatic rings. The number of benzene rings is 1. The molecule has 1 aliphatic carbocycles. The van der Waals surface area contributed by atoms with Gasteiger partial charge in [-0.3, -0.25) is 9.69 Å². The Hall–Kier alpha value is -1.13. The minimum atomic E-state index is -0.399. The number of methoxy groups -OCH3 is 1. The number of halogens is 2. The number of carbonyl (C=O) groups is 1. The molecule has 2 fully saturated rings. The summed E-state index contributed by atoms with van der Waals surface area (Å²) in [5.74, 6) is -0.212. The molecule has 3 rings (SSSR count). The van der Waals surface area contributed by atoms with E-state index in [2.05, 4.69) is 18.7 Å². The normalized spacial score (nSPS) is 29.8. The molecule has 0 amide bonds. The van der Waals surface area contributed by atoms with Crippen LogP contribution in [0, 0.1) is 22.6 Å². The summed E-state index contributed by atoms with van der Waals surface area (Å²) in [6.07, 6.45) is 0.850. The van der Waals surface area contributed by atoms with Crippen LogP contribution in [0.3, 0.4) is 0 Å². The maximum atomic E-state index is 13.6. The van der Waals surface area contributed by atoms with Gasteiger partial charge < -0.3 is 4.74 Å². The van der Waals surface area contributed by atoms with Gasteiger partial charge in [-0.15, -0.1) is 0 Å². The molecule has 1 aromatic rings. The Morgan fingerprint density at radius 3 is 2.82 bits per heavy atom. The minimum Gasteiger partial charge on any atom is -0.469 e.